The lowest BCUT2D eigenvalue weighted by atomic mass is 9.98. The quantitative estimate of drug-likeness (QED) is 0.700. The molecule has 4 heteroatoms. The molecule has 2 aliphatic heterocycles. The molecule has 0 saturated heterocycles. The molecule has 0 saturated carbocycles. The Bertz CT molecular complexity index is 377. The fourth-order valence-corrected chi connectivity index (χ4v) is 2.02. The molecule has 0 bridgehead atoms. The fraction of sp³-hybridized carbons (Fsp3) is 0.615. The highest BCUT2D eigenvalue weighted by Crippen LogP contribution is 2.22. The lowest BCUT2D eigenvalue weighted by Crippen LogP contribution is -2.41. The third-order valence-corrected chi connectivity index (χ3v) is 2.87. The van der Waals surface area contributed by atoms with Crippen molar-refractivity contribution in [2.75, 3.05) is 19.6 Å². The molecule has 94 valence electrons. The minimum Gasteiger partial charge on any atom is -0.444 e. The summed E-state index contributed by atoms with van der Waals surface area (Å²) in [6, 6.07) is 0. The molecule has 1 amide bonds. The zero-order valence-corrected chi connectivity index (χ0v) is 10.7. The van der Waals surface area contributed by atoms with Gasteiger partial charge in [-0.15, -0.1) is 0 Å². The Morgan fingerprint density at radius 2 is 2.24 bits per heavy atom. The van der Waals surface area contributed by atoms with Crippen LogP contribution in [0.25, 0.3) is 0 Å². The molecule has 1 N–H and O–H groups in total. The first kappa shape index (κ1) is 12.0. The van der Waals surface area contributed by atoms with Crippen molar-refractivity contribution in [3.05, 3.63) is 23.4 Å². The van der Waals surface area contributed by atoms with Crippen LogP contribution in [0.15, 0.2) is 23.4 Å². The average Bonchev–Trinajstić information content (AvgIpc) is 2.26. The molecule has 0 fully saturated rings. The van der Waals surface area contributed by atoms with E-state index in [4.69, 9.17) is 4.74 Å². The second-order valence-corrected chi connectivity index (χ2v) is 5.49. The van der Waals surface area contributed by atoms with E-state index < -0.39 is 5.60 Å². The number of nitrogens with one attached hydrogen (secondary N) is 1. The van der Waals surface area contributed by atoms with Crippen molar-refractivity contribution in [2.45, 2.75) is 32.8 Å². The largest absolute Gasteiger partial charge is 0.444 e. The van der Waals surface area contributed by atoms with Gasteiger partial charge in [0.1, 0.15) is 5.60 Å². The lowest BCUT2D eigenvalue weighted by Gasteiger charge is -2.33. The molecule has 0 spiro atoms. The number of dihydropyridines is 1. The first-order valence-electron chi connectivity index (χ1n) is 6.04. The van der Waals surface area contributed by atoms with E-state index in [2.05, 4.69) is 11.4 Å². The summed E-state index contributed by atoms with van der Waals surface area (Å²) in [5.41, 5.74) is 2.24. The van der Waals surface area contributed by atoms with Gasteiger partial charge < -0.3 is 15.0 Å². The number of carbonyl (C=O) groups is 1. The number of carbonyl (C=O) groups excluding carboxylic acids is 1. The van der Waals surface area contributed by atoms with Crippen molar-refractivity contribution in [3.63, 3.8) is 0 Å². The normalized spacial score (nSPS) is 19.8. The van der Waals surface area contributed by atoms with Gasteiger partial charge in [-0.25, -0.2) is 4.79 Å². The van der Waals surface area contributed by atoms with Gasteiger partial charge in [0, 0.05) is 19.6 Å². The number of ether oxygens (including phenoxy) is 1. The highest BCUT2D eigenvalue weighted by atomic mass is 16.6. The van der Waals surface area contributed by atoms with E-state index in [9.17, 15) is 4.79 Å². The van der Waals surface area contributed by atoms with E-state index in [1.807, 2.05) is 27.0 Å². The predicted molar refractivity (Wildman–Crippen MR) is 66.6 cm³/mol. The Kier molecular flexibility index (Phi) is 3.13. The third kappa shape index (κ3) is 3.02. The molecule has 17 heavy (non-hydrogen) atoms. The molecular weight excluding hydrogens is 216 g/mol. The zero-order chi connectivity index (χ0) is 12.5. The monoisotopic (exact) mass is 236 g/mol. The van der Waals surface area contributed by atoms with Gasteiger partial charge in [0.2, 0.25) is 0 Å². The van der Waals surface area contributed by atoms with Crippen molar-refractivity contribution in [3.8, 4) is 0 Å². The molecule has 0 atom stereocenters. The zero-order valence-electron chi connectivity index (χ0n) is 10.7. The SMILES string of the molecule is CC(C)(C)OC(=O)N1CCC2=C(C=CNC2)C1. The van der Waals surface area contributed by atoms with Gasteiger partial charge >= 0.3 is 6.09 Å². The average molecular weight is 236 g/mol. The maximum Gasteiger partial charge on any atom is 0.410 e. The first-order valence-corrected chi connectivity index (χ1v) is 6.04. The molecule has 0 unspecified atom stereocenters. The summed E-state index contributed by atoms with van der Waals surface area (Å²) in [5, 5.41) is 3.19. The molecule has 2 heterocycles. The van der Waals surface area contributed by atoms with E-state index in [1.165, 1.54) is 11.1 Å². The second-order valence-electron chi connectivity index (χ2n) is 5.49. The van der Waals surface area contributed by atoms with Crippen LogP contribution in [0.1, 0.15) is 27.2 Å². The van der Waals surface area contributed by atoms with Crippen molar-refractivity contribution in [1.29, 1.82) is 0 Å². The van der Waals surface area contributed by atoms with Crippen LogP contribution in [0, 0.1) is 0 Å². The van der Waals surface area contributed by atoms with Crippen LogP contribution >= 0.6 is 0 Å². The molecular formula is C13H20N2O2. The number of amides is 1. The summed E-state index contributed by atoms with van der Waals surface area (Å²) in [5.74, 6) is 0. The van der Waals surface area contributed by atoms with Crippen LogP contribution in [0.3, 0.4) is 0 Å². The number of hydrogen-bond acceptors (Lipinski definition) is 3. The van der Waals surface area contributed by atoms with E-state index >= 15 is 0 Å². The molecule has 0 aromatic heterocycles. The lowest BCUT2D eigenvalue weighted by molar-refractivity contribution is 0.0261. The molecule has 4 nitrogen and oxygen atoms in total. The van der Waals surface area contributed by atoms with Gasteiger partial charge in [-0.05, 0) is 50.6 Å². The van der Waals surface area contributed by atoms with Crippen LogP contribution in [0.4, 0.5) is 4.79 Å². The highest BCUT2D eigenvalue weighted by molar-refractivity contribution is 5.69. The summed E-state index contributed by atoms with van der Waals surface area (Å²) < 4.78 is 5.38. The minimum atomic E-state index is -0.421. The summed E-state index contributed by atoms with van der Waals surface area (Å²) in [6.45, 7) is 8.01. The van der Waals surface area contributed by atoms with Gasteiger partial charge in [0.25, 0.3) is 0 Å². The van der Waals surface area contributed by atoms with Crippen molar-refractivity contribution < 1.29 is 9.53 Å². The van der Waals surface area contributed by atoms with Crippen LogP contribution in [0.2, 0.25) is 0 Å². The number of nitrogens with zero attached hydrogens (tertiary/aromatic N) is 1. The highest BCUT2D eigenvalue weighted by Gasteiger charge is 2.26. The maximum absolute atomic E-state index is 11.9. The Labute approximate surface area is 102 Å². The molecule has 0 aromatic rings. The Morgan fingerprint density at radius 3 is 2.94 bits per heavy atom. The predicted octanol–water partition coefficient (Wildman–Crippen LogP) is 2.04. The fourth-order valence-electron chi connectivity index (χ4n) is 2.02. The van der Waals surface area contributed by atoms with Crippen LogP contribution < -0.4 is 5.32 Å². The van der Waals surface area contributed by atoms with E-state index in [-0.39, 0.29) is 6.09 Å². The molecule has 0 aromatic carbocycles. The van der Waals surface area contributed by atoms with Crippen LogP contribution in [-0.2, 0) is 4.74 Å². The third-order valence-electron chi connectivity index (χ3n) is 2.87. The van der Waals surface area contributed by atoms with Crippen molar-refractivity contribution in [2.24, 2.45) is 0 Å². The standard InChI is InChI=1S/C13H20N2O2/c1-13(2,3)17-12(16)15-7-5-10-8-14-6-4-11(10)9-15/h4,6,14H,5,7-9H2,1-3H3. The molecule has 0 aliphatic carbocycles. The summed E-state index contributed by atoms with van der Waals surface area (Å²) in [6.07, 6.45) is 4.72. The summed E-state index contributed by atoms with van der Waals surface area (Å²) >= 11 is 0. The van der Waals surface area contributed by atoms with E-state index in [0.717, 1.165) is 19.5 Å². The Hall–Kier alpha value is -1.45. The van der Waals surface area contributed by atoms with Gasteiger partial charge in [0.05, 0.1) is 0 Å². The van der Waals surface area contributed by atoms with Gasteiger partial charge in [-0.2, -0.15) is 0 Å². The van der Waals surface area contributed by atoms with E-state index in [0.29, 0.717) is 6.54 Å². The van der Waals surface area contributed by atoms with E-state index in [1.54, 1.807) is 4.90 Å². The minimum absolute atomic E-state index is 0.212. The Morgan fingerprint density at radius 1 is 1.47 bits per heavy atom. The number of rotatable bonds is 0. The van der Waals surface area contributed by atoms with Crippen molar-refractivity contribution >= 4 is 6.09 Å². The maximum atomic E-state index is 11.9. The molecule has 2 rings (SSSR count). The van der Waals surface area contributed by atoms with Gasteiger partial charge in [-0.1, -0.05) is 0 Å². The van der Waals surface area contributed by atoms with Crippen molar-refractivity contribution in [1.82, 2.24) is 10.2 Å². The number of hydrogen-bond donors (Lipinski definition) is 1. The van der Waals surface area contributed by atoms with Gasteiger partial charge in [-0.3, -0.25) is 0 Å². The second kappa shape index (κ2) is 4.43. The summed E-state index contributed by atoms with van der Waals surface area (Å²) in [4.78, 5) is 13.7. The Balaban J connectivity index is 2.00. The summed E-state index contributed by atoms with van der Waals surface area (Å²) in [7, 11) is 0. The topological polar surface area (TPSA) is 41.6 Å². The van der Waals surface area contributed by atoms with Crippen LogP contribution in [-0.4, -0.2) is 36.2 Å². The molecule has 0 radical (unpaired) electrons. The first-order chi connectivity index (χ1) is 7.96. The van der Waals surface area contributed by atoms with Gasteiger partial charge in [0.15, 0.2) is 0 Å². The molecule has 2 aliphatic rings. The smallest absolute Gasteiger partial charge is 0.410 e. The van der Waals surface area contributed by atoms with Crippen LogP contribution in [0.5, 0.6) is 0 Å².